The summed E-state index contributed by atoms with van der Waals surface area (Å²) in [6.07, 6.45) is 0. The average molecular weight is 233 g/mol. The summed E-state index contributed by atoms with van der Waals surface area (Å²) < 4.78 is 26.4. The second-order valence-electron chi connectivity index (χ2n) is 4.14. The lowest BCUT2D eigenvalue weighted by Gasteiger charge is -2.22. The Morgan fingerprint density at radius 2 is 1.73 bits per heavy atom. The number of hydrogen-bond acceptors (Lipinski definition) is 0. The zero-order valence-corrected chi connectivity index (χ0v) is 9.85. The van der Waals surface area contributed by atoms with Crippen molar-refractivity contribution in [1.29, 1.82) is 0 Å². The first-order valence-electron chi connectivity index (χ1n) is 5.02. The molecular formula is C12H15ClF2. The molecule has 0 N–H and O–H groups in total. The number of halogens is 3. The van der Waals surface area contributed by atoms with Crippen LogP contribution in [-0.2, 0) is 0 Å². The topological polar surface area (TPSA) is 0 Å². The van der Waals surface area contributed by atoms with Crippen molar-refractivity contribution in [3.8, 4) is 0 Å². The Morgan fingerprint density at radius 3 is 2.27 bits per heavy atom. The fourth-order valence-electron chi connectivity index (χ4n) is 1.61. The van der Waals surface area contributed by atoms with Crippen molar-refractivity contribution in [3.63, 3.8) is 0 Å². The fourth-order valence-corrected chi connectivity index (χ4v) is 1.75. The van der Waals surface area contributed by atoms with E-state index in [2.05, 4.69) is 0 Å². The van der Waals surface area contributed by atoms with Gasteiger partial charge < -0.3 is 0 Å². The molecule has 0 heterocycles. The van der Waals surface area contributed by atoms with Crippen molar-refractivity contribution >= 4 is 11.6 Å². The molecule has 2 atom stereocenters. The lowest BCUT2D eigenvalue weighted by atomic mass is 9.91. The Labute approximate surface area is 94.3 Å². The van der Waals surface area contributed by atoms with Gasteiger partial charge in [0.15, 0.2) is 0 Å². The highest BCUT2D eigenvalue weighted by Crippen LogP contribution is 2.30. The van der Waals surface area contributed by atoms with Crippen LogP contribution in [0.3, 0.4) is 0 Å². The molecule has 0 aliphatic rings. The van der Waals surface area contributed by atoms with Crippen molar-refractivity contribution in [2.24, 2.45) is 5.92 Å². The van der Waals surface area contributed by atoms with E-state index < -0.39 is 11.6 Å². The molecule has 84 valence electrons. The van der Waals surface area contributed by atoms with Gasteiger partial charge >= 0.3 is 0 Å². The minimum atomic E-state index is -0.425. The van der Waals surface area contributed by atoms with E-state index in [-0.39, 0.29) is 17.2 Å². The van der Waals surface area contributed by atoms with Crippen LogP contribution in [0.4, 0.5) is 8.78 Å². The molecule has 0 aliphatic heterocycles. The first kappa shape index (κ1) is 12.4. The van der Waals surface area contributed by atoms with Crippen LogP contribution in [0.15, 0.2) is 18.2 Å². The molecule has 1 rings (SSSR count). The van der Waals surface area contributed by atoms with Gasteiger partial charge in [-0.25, -0.2) is 8.78 Å². The van der Waals surface area contributed by atoms with Crippen LogP contribution in [-0.4, -0.2) is 5.38 Å². The van der Waals surface area contributed by atoms with E-state index in [1.807, 2.05) is 20.8 Å². The SMILES string of the molecule is CC(C)C(Cl)C(C)c1cc(F)ccc1F. The monoisotopic (exact) mass is 232 g/mol. The van der Waals surface area contributed by atoms with Crippen molar-refractivity contribution in [2.45, 2.75) is 32.1 Å². The maximum Gasteiger partial charge on any atom is 0.126 e. The summed E-state index contributed by atoms with van der Waals surface area (Å²) in [7, 11) is 0. The largest absolute Gasteiger partial charge is 0.207 e. The number of hydrogen-bond donors (Lipinski definition) is 0. The van der Waals surface area contributed by atoms with E-state index in [0.29, 0.717) is 5.56 Å². The molecule has 0 aromatic heterocycles. The van der Waals surface area contributed by atoms with Gasteiger partial charge in [0, 0.05) is 11.3 Å². The lowest BCUT2D eigenvalue weighted by Crippen LogP contribution is -2.17. The maximum absolute atomic E-state index is 13.4. The molecule has 0 aliphatic carbocycles. The summed E-state index contributed by atoms with van der Waals surface area (Å²) in [5.74, 6) is -0.784. The van der Waals surface area contributed by atoms with Crippen LogP contribution in [0.2, 0.25) is 0 Å². The molecule has 0 fully saturated rings. The highest BCUT2D eigenvalue weighted by Gasteiger charge is 2.22. The summed E-state index contributed by atoms with van der Waals surface area (Å²) in [4.78, 5) is 0. The molecule has 0 radical (unpaired) electrons. The quantitative estimate of drug-likeness (QED) is 0.681. The average Bonchev–Trinajstić information content (AvgIpc) is 2.19. The normalized spacial score (nSPS) is 15.4. The lowest BCUT2D eigenvalue weighted by molar-refractivity contribution is 0.504. The van der Waals surface area contributed by atoms with Crippen molar-refractivity contribution < 1.29 is 8.78 Å². The Kier molecular flexibility index (Phi) is 4.09. The van der Waals surface area contributed by atoms with Gasteiger partial charge in [-0.05, 0) is 29.7 Å². The van der Waals surface area contributed by atoms with Crippen LogP contribution in [0.5, 0.6) is 0 Å². The predicted octanol–water partition coefficient (Wildman–Crippen LogP) is 4.33. The van der Waals surface area contributed by atoms with E-state index in [0.717, 1.165) is 12.1 Å². The molecule has 0 bridgehead atoms. The summed E-state index contributed by atoms with van der Waals surface area (Å²) >= 11 is 6.14. The number of alkyl halides is 1. The highest BCUT2D eigenvalue weighted by atomic mass is 35.5. The molecular weight excluding hydrogens is 218 g/mol. The molecule has 3 heteroatoms. The molecule has 0 amide bonds. The van der Waals surface area contributed by atoms with Gasteiger partial charge in [0.05, 0.1) is 0 Å². The van der Waals surface area contributed by atoms with Crippen LogP contribution in [0.1, 0.15) is 32.3 Å². The second-order valence-corrected chi connectivity index (χ2v) is 4.65. The molecule has 1 aromatic rings. The van der Waals surface area contributed by atoms with Gasteiger partial charge in [0.1, 0.15) is 11.6 Å². The number of rotatable bonds is 3. The van der Waals surface area contributed by atoms with Gasteiger partial charge in [0.25, 0.3) is 0 Å². The van der Waals surface area contributed by atoms with Gasteiger partial charge in [-0.1, -0.05) is 20.8 Å². The second kappa shape index (κ2) is 4.93. The summed E-state index contributed by atoms with van der Waals surface area (Å²) in [6.45, 7) is 5.74. The highest BCUT2D eigenvalue weighted by molar-refractivity contribution is 6.21. The Morgan fingerprint density at radius 1 is 1.13 bits per heavy atom. The van der Waals surface area contributed by atoms with E-state index in [1.165, 1.54) is 6.07 Å². The van der Waals surface area contributed by atoms with E-state index in [9.17, 15) is 8.78 Å². The molecule has 15 heavy (non-hydrogen) atoms. The van der Waals surface area contributed by atoms with Crippen LogP contribution in [0.25, 0.3) is 0 Å². The number of benzene rings is 1. The first-order valence-corrected chi connectivity index (χ1v) is 5.46. The molecule has 0 saturated carbocycles. The predicted molar refractivity (Wildman–Crippen MR) is 59.3 cm³/mol. The Bertz CT molecular complexity index is 336. The van der Waals surface area contributed by atoms with E-state index in [1.54, 1.807) is 0 Å². The van der Waals surface area contributed by atoms with Crippen molar-refractivity contribution in [2.75, 3.05) is 0 Å². The first-order chi connectivity index (χ1) is 6.93. The molecule has 0 nitrogen and oxygen atoms in total. The van der Waals surface area contributed by atoms with Gasteiger partial charge in [-0.15, -0.1) is 11.6 Å². The minimum absolute atomic E-state index is 0.192. The van der Waals surface area contributed by atoms with Gasteiger partial charge in [0.2, 0.25) is 0 Å². The third-order valence-corrected chi connectivity index (χ3v) is 3.45. The molecule has 0 spiro atoms. The fraction of sp³-hybridized carbons (Fsp3) is 0.500. The van der Waals surface area contributed by atoms with Crippen LogP contribution >= 0.6 is 11.6 Å². The van der Waals surface area contributed by atoms with Crippen LogP contribution < -0.4 is 0 Å². The van der Waals surface area contributed by atoms with Gasteiger partial charge in [-0.3, -0.25) is 0 Å². The maximum atomic E-state index is 13.4. The third kappa shape index (κ3) is 2.91. The standard InChI is InChI=1S/C12H15ClF2/c1-7(2)12(13)8(3)10-6-9(14)4-5-11(10)15/h4-8,12H,1-3H3. The van der Waals surface area contributed by atoms with Crippen molar-refractivity contribution in [1.82, 2.24) is 0 Å². The molecule has 2 unspecified atom stereocenters. The summed E-state index contributed by atoms with van der Waals surface area (Å²) in [5, 5.41) is -0.193. The third-order valence-electron chi connectivity index (χ3n) is 2.56. The Hall–Kier alpha value is -0.630. The van der Waals surface area contributed by atoms with Crippen molar-refractivity contribution in [3.05, 3.63) is 35.4 Å². The summed E-state index contributed by atoms with van der Waals surface area (Å²) in [6, 6.07) is 3.48. The molecule has 1 aromatic carbocycles. The smallest absolute Gasteiger partial charge is 0.126 e. The zero-order valence-electron chi connectivity index (χ0n) is 9.10. The van der Waals surface area contributed by atoms with E-state index in [4.69, 9.17) is 11.6 Å². The Balaban J connectivity index is 2.99. The molecule has 0 saturated heterocycles. The zero-order chi connectivity index (χ0) is 11.6. The minimum Gasteiger partial charge on any atom is -0.207 e. The summed E-state index contributed by atoms with van der Waals surface area (Å²) in [5.41, 5.74) is 0.351. The van der Waals surface area contributed by atoms with E-state index >= 15 is 0 Å². The van der Waals surface area contributed by atoms with Crippen LogP contribution in [0, 0.1) is 17.6 Å². The van der Waals surface area contributed by atoms with Gasteiger partial charge in [-0.2, -0.15) is 0 Å².